The van der Waals surface area contributed by atoms with E-state index in [1.165, 1.54) is 24.8 Å². The van der Waals surface area contributed by atoms with Gasteiger partial charge in [-0.3, -0.25) is 14.5 Å². The number of rotatable bonds is 8. The molecule has 5 heteroatoms. The minimum absolute atomic E-state index is 0.0825. The van der Waals surface area contributed by atoms with Crippen LogP contribution in [0.5, 0.6) is 0 Å². The molecule has 1 N–H and O–H groups in total. The summed E-state index contributed by atoms with van der Waals surface area (Å²) in [5, 5.41) is 2.90. The van der Waals surface area contributed by atoms with E-state index < -0.39 is 0 Å². The first kappa shape index (κ1) is 23.1. The lowest BCUT2D eigenvalue weighted by atomic mass is 10.0. The number of unbranched alkanes of at least 4 members (excludes halogenated alkanes) is 2. The molecule has 0 bridgehead atoms. The summed E-state index contributed by atoms with van der Waals surface area (Å²) in [5.74, 6) is 0.360. The molecule has 3 aromatic carbocycles. The molecule has 0 radical (unpaired) electrons. The Morgan fingerprint density at radius 2 is 1.73 bits per heavy atom. The minimum Gasteiger partial charge on any atom is -0.322 e. The summed E-state index contributed by atoms with van der Waals surface area (Å²) in [6, 6.07) is 23.6. The molecule has 1 aliphatic heterocycles. The van der Waals surface area contributed by atoms with Crippen molar-refractivity contribution < 1.29 is 9.59 Å². The van der Waals surface area contributed by atoms with Crippen LogP contribution in [0.2, 0.25) is 0 Å². The molecule has 4 nitrogen and oxygen atoms in total. The van der Waals surface area contributed by atoms with Gasteiger partial charge in [0.15, 0.2) is 0 Å². The highest BCUT2D eigenvalue weighted by atomic mass is 32.2. The van der Waals surface area contributed by atoms with Crippen molar-refractivity contribution in [3.05, 3.63) is 95.1 Å². The fourth-order valence-electron chi connectivity index (χ4n) is 4.17. The Morgan fingerprint density at radius 1 is 1.00 bits per heavy atom. The van der Waals surface area contributed by atoms with Gasteiger partial charge in [0.1, 0.15) is 5.37 Å². The van der Waals surface area contributed by atoms with Gasteiger partial charge in [-0.2, -0.15) is 0 Å². The number of carbonyl (C=O) groups is 2. The molecule has 0 aliphatic carbocycles. The Morgan fingerprint density at radius 3 is 2.48 bits per heavy atom. The van der Waals surface area contributed by atoms with E-state index in [0.29, 0.717) is 11.3 Å². The van der Waals surface area contributed by atoms with Crippen LogP contribution < -0.4 is 10.2 Å². The molecule has 0 spiro atoms. The first-order chi connectivity index (χ1) is 16.1. The first-order valence-electron chi connectivity index (χ1n) is 11.6. The van der Waals surface area contributed by atoms with Crippen molar-refractivity contribution >= 4 is 35.0 Å². The smallest absolute Gasteiger partial charge is 0.255 e. The molecule has 1 atom stereocenters. The monoisotopic (exact) mass is 458 g/mol. The van der Waals surface area contributed by atoms with Crippen molar-refractivity contribution in [1.29, 1.82) is 0 Å². The molecule has 0 unspecified atom stereocenters. The van der Waals surface area contributed by atoms with E-state index in [9.17, 15) is 9.59 Å². The molecule has 3 aromatic rings. The van der Waals surface area contributed by atoms with Gasteiger partial charge < -0.3 is 5.32 Å². The van der Waals surface area contributed by atoms with Gasteiger partial charge in [-0.15, -0.1) is 11.8 Å². The number of hydrogen-bond acceptors (Lipinski definition) is 3. The number of benzene rings is 3. The lowest BCUT2D eigenvalue weighted by molar-refractivity contribution is -0.115. The number of para-hydroxylation sites is 2. The molecule has 1 aliphatic rings. The van der Waals surface area contributed by atoms with Crippen molar-refractivity contribution in [3.63, 3.8) is 0 Å². The van der Waals surface area contributed by atoms with Crippen LogP contribution in [-0.4, -0.2) is 17.6 Å². The van der Waals surface area contributed by atoms with Gasteiger partial charge in [-0.25, -0.2) is 0 Å². The van der Waals surface area contributed by atoms with E-state index in [2.05, 4.69) is 12.2 Å². The van der Waals surface area contributed by atoms with E-state index in [4.69, 9.17) is 0 Å². The lowest BCUT2D eigenvalue weighted by Gasteiger charge is -2.27. The Bertz CT molecular complexity index is 1130. The summed E-state index contributed by atoms with van der Waals surface area (Å²) in [6.07, 6.45) is 4.64. The third-order valence-corrected chi connectivity index (χ3v) is 7.20. The Balaban J connectivity index is 1.55. The van der Waals surface area contributed by atoms with Crippen molar-refractivity contribution in [2.24, 2.45) is 0 Å². The van der Waals surface area contributed by atoms with Crippen molar-refractivity contribution in [2.75, 3.05) is 16.0 Å². The number of hydrogen-bond donors (Lipinski definition) is 1. The van der Waals surface area contributed by atoms with Gasteiger partial charge in [0.2, 0.25) is 5.91 Å². The second kappa shape index (κ2) is 10.7. The normalized spacial score (nSPS) is 15.6. The maximum atomic E-state index is 13.0. The third kappa shape index (κ3) is 5.31. The SMILES string of the molecule is CCCCCc1ccc(C(=O)Nc2ccccc2[C@@H]2SCC(=O)N2c2ccccc2C)cc1. The first-order valence-corrected chi connectivity index (χ1v) is 12.6. The molecule has 1 fully saturated rings. The molecular formula is C28H30N2O2S. The summed E-state index contributed by atoms with van der Waals surface area (Å²) < 4.78 is 0. The number of anilines is 2. The van der Waals surface area contributed by atoms with E-state index in [-0.39, 0.29) is 17.2 Å². The number of nitrogens with zero attached hydrogens (tertiary/aromatic N) is 1. The van der Waals surface area contributed by atoms with Crippen LogP contribution in [0.3, 0.4) is 0 Å². The molecule has 1 saturated heterocycles. The Kier molecular flexibility index (Phi) is 7.50. The van der Waals surface area contributed by atoms with E-state index in [1.807, 2.05) is 84.6 Å². The molecule has 0 saturated carbocycles. The number of amides is 2. The Hall–Kier alpha value is -3.05. The summed E-state index contributed by atoms with van der Waals surface area (Å²) in [6.45, 7) is 4.22. The zero-order chi connectivity index (χ0) is 23.2. The van der Waals surface area contributed by atoms with Gasteiger partial charge in [-0.05, 0) is 55.2 Å². The molecule has 0 aromatic heterocycles. The van der Waals surface area contributed by atoms with Crippen molar-refractivity contribution in [1.82, 2.24) is 0 Å². The molecule has 2 amide bonds. The number of carbonyl (C=O) groups excluding carboxylic acids is 2. The largest absolute Gasteiger partial charge is 0.322 e. The molecule has 170 valence electrons. The summed E-state index contributed by atoms with van der Waals surface area (Å²) in [7, 11) is 0. The predicted octanol–water partition coefficient (Wildman–Crippen LogP) is 6.76. The highest BCUT2D eigenvalue weighted by Gasteiger charge is 2.36. The zero-order valence-corrected chi connectivity index (χ0v) is 20.0. The van der Waals surface area contributed by atoms with Gasteiger partial charge in [-0.1, -0.05) is 68.3 Å². The predicted molar refractivity (Wildman–Crippen MR) is 138 cm³/mol. The van der Waals surface area contributed by atoms with Crippen LogP contribution in [0.15, 0.2) is 72.8 Å². The summed E-state index contributed by atoms with van der Waals surface area (Å²) >= 11 is 1.59. The standard InChI is InChI=1S/C28H30N2O2S/c1-3-4-5-11-21-15-17-22(18-16-21)27(32)29-24-13-8-7-12-23(24)28-30(26(31)19-33-28)25-14-9-6-10-20(25)2/h6-10,12-18,28H,3-5,11,19H2,1-2H3,(H,29,32)/t28-/m0/s1. The van der Waals surface area contributed by atoms with Crippen LogP contribution in [0.25, 0.3) is 0 Å². The van der Waals surface area contributed by atoms with Crippen LogP contribution in [0.4, 0.5) is 11.4 Å². The quantitative estimate of drug-likeness (QED) is 0.380. The number of nitrogens with one attached hydrogen (secondary N) is 1. The van der Waals surface area contributed by atoms with Crippen LogP contribution in [-0.2, 0) is 11.2 Å². The van der Waals surface area contributed by atoms with Gasteiger partial charge >= 0.3 is 0 Å². The van der Waals surface area contributed by atoms with E-state index in [0.717, 1.165) is 28.9 Å². The highest BCUT2D eigenvalue weighted by Crippen LogP contribution is 2.45. The second-order valence-electron chi connectivity index (χ2n) is 8.41. The Labute approximate surface area is 200 Å². The number of thioether (sulfide) groups is 1. The highest BCUT2D eigenvalue weighted by molar-refractivity contribution is 8.00. The fraction of sp³-hybridized carbons (Fsp3) is 0.286. The minimum atomic E-state index is -0.184. The van der Waals surface area contributed by atoms with E-state index >= 15 is 0 Å². The molecule has 1 heterocycles. The fourth-order valence-corrected chi connectivity index (χ4v) is 5.38. The second-order valence-corrected chi connectivity index (χ2v) is 9.48. The van der Waals surface area contributed by atoms with Crippen molar-refractivity contribution in [2.45, 2.75) is 44.9 Å². The summed E-state index contributed by atoms with van der Waals surface area (Å²) in [4.78, 5) is 27.7. The van der Waals surface area contributed by atoms with E-state index in [1.54, 1.807) is 11.8 Å². The van der Waals surface area contributed by atoms with Crippen LogP contribution in [0, 0.1) is 6.92 Å². The third-order valence-electron chi connectivity index (χ3n) is 6.00. The van der Waals surface area contributed by atoms with Gasteiger partial charge in [0.05, 0.1) is 5.75 Å². The topological polar surface area (TPSA) is 49.4 Å². The van der Waals surface area contributed by atoms with Gasteiger partial charge in [0.25, 0.3) is 5.91 Å². The van der Waals surface area contributed by atoms with Gasteiger partial charge in [0, 0.05) is 22.5 Å². The maximum Gasteiger partial charge on any atom is 0.255 e. The maximum absolute atomic E-state index is 13.0. The molecule has 4 rings (SSSR count). The average molecular weight is 459 g/mol. The summed E-state index contributed by atoms with van der Waals surface area (Å²) in [5.41, 5.74) is 5.53. The molecule has 33 heavy (non-hydrogen) atoms. The average Bonchev–Trinajstić information content (AvgIpc) is 3.21. The van der Waals surface area contributed by atoms with Crippen LogP contribution in [0.1, 0.15) is 58.6 Å². The molecular weight excluding hydrogens is 428 g/mol. The lowest BCUT2D eigenvalue weighted by Crippen LogP contribution is -2.29. The number of aryl methyl sites for hydroxylation is 2. The van der Waals surface area contributed by atoms with Crippen LogP contribution >= 0.6 is 11.8 Å². The van der Waals surface area contributed by atoms with Crippen molar-refractivity contribution in [3.8, 4) is 0 Å². The zero-order valence-electron chi connectivity index (χ0n) is 19.2.